The van der Waals surface area contributed by atoms with E-state index in [2.05, 4.69) is 0 Å². The lowest BCUT2D eigenvalue weighted by atomic mass is 9.67. The van der Waals surface area contributed by atoms with Gasteiger partial charge in [0.25, 0.3) is 0 Å². The predicted molar refractivity (Wildman–Crippen MR) is 79.8 cm³/mol. The van der Waals surface area contributed by atoms with Gasteiger partial charge in [-0.3, -0.25) is 4.79 Å². The number of carbonyl (C=O) groups excluding carboxylic acids is 1. The first-order valence-electron chi connectivity index (χ1n) is 7.76. The number of hydrogen-bond acceptors (Lipinski definition) is 5. The molecule has 3 aliphatic rings. The lowest BCUT2D eigenvalue weighted by Crippen LogP contribution is -2.34. The second-order valence-corrected chi connectivity index (χ2v) is 8.03. The van der Waals surface area contributed by atoms with Crippen molar-refractivity contribution >= 4 is 17.9 Å². The highest BCUT2D eigenvalue weighted by Crippen LogP contribution is 2.59. The van der Waals surface area contributed by atoms with Gasteiger partial charge < -0.3 is 14.4 Å². The molecule has 2 bridgehead atoms. The van der Waals surface area contributed by atoms with Crippen molar-refractivity contribution in [1.82, 2.24) is 4.47 Å². The average Bonchev–Trinajstić information content (AvgIpc) is 2.63. The van der Waals surface area contributed by atoms with Crippen molar-refractivity contribution in [1.29, 1.82) is 0 Å². The molecule has 3 unspecified atom stereocenters. The summed E-state index contributed by atoms with van der Waals surface area (Å²) in [6.45, 7) is 0.993. The smallest absolute Gasteiger partial charge is 0.455 e. The predicted octanol–water partition coefficient (Wildman–Crippen LogP) is 3.88. The topological polar surface area (TPSA) is 52.6 Å². The van der Waals surface area contributed by atoms with Gasteiger partial charge in [-0.25, -0.2) is 0 Å². The number of fused-ring (bicyclic) bond motifs is 1. The molecule has 0 aromatic rings. The second-order valence-electron chi connectivity index (χ2n) is 6.98. The van der Waals surface area contributed by atoms with E-state index in [0.29, 0.717) is 11.8 Å². The van der Waals surface area contributed by atoms with Crippen molar-refractivity contribution in [2.45, 2.75) is 38.1 Å². The number of rotatable bonds is 5. The third kappa shape index (κ3) is 3.69. The van der Waals surface area contributed by atoms with Crippen molar-refractivity contribution < 1.29 is 22.7 Å². The Morgan fingerprint density at radius 2 is 2.26 bits per heavy atom. The van der Waals surface area contributed by atoms with Crippen LogP contribution in [0.1, 0.15) is 32.6 Å². The summed E-state index contributed by atoms with van der Waals surface area (Å²) in [6, 6.07) is 0. The van der Waals surface area contributed by atoms with Gasteiger partial charge in [0, 0.05) is 18.5 Å². The van der Waals surface area contributed by atoms with E-state index in [4.69, 9.17) is 4.74 Å². The van der Waals surface area contributed by atoms with Crippen LogP contribution in [0.4, 0.5) is 13.2 Å². The lowest BCUT2D eigenvalue weighted by molar-refractivity contribution is -0.153. The Balaban J connectivity index is 1.52. The first-order valence-corrected chi connectivity index (χ1v) is 8.53. The Labute approximate surface area is 137 Å². The number of hydroxylamine groups is 1. The van der Waals surface area contributed by atoms with Gasteiger partial charge in [0.2, 0.25) is 0 Å². The van der Waals surface area contributed by atoms with Gasteiger partial charge in [-0.1, -0.05) is 11.6 Å². The van der Waals surface area contributed by atoms with Crippen LogP contribution in [0.2, 0.25) is 0 Å². The zero-order valence-corrected chi connectivity index (χ0v) is 13.6. The van der Waals surface area contributed by atoms with Crippen molar-refractivity contribution in [2.24, 2.45) is 23.2 Å². The van der Waals surface area contributed by atoms with E-state index < -0.39 is 35.4 Å². The number of ether oxygens (including phenoxy) is 1. The molecule has 0 amide bonds. The molecule has 0 N–H and O–H groups in total. The van der Waals surface area contributed by atoms with Crippen LogP contribution in [-0.4, -0.2) is 29.1 Å². The first kappa shape index (κ1) is 17.1. The summed E-state index contributed by atoms with van der Waals surface area (Å²) in [5.41, 5.74) is -4.01. The Morgan fingerprint density at radius 1 is 1.52 bits per heavy atom. The fourth-order valence-electron chi connectivity index (χ4n) is 4.30. The van der Waals surface area contributed by atoms with Gasteiger partial charge >= 0.3 is 11.5 Å². The number of allylic oxidation sites excluding steroid dienone is 1. The Kier molecular flexibility index (Phi) is 4.44. The van der Waals surface area contributed by atoms with E-state index >= 15 is 0 Å². The molecule has 2 saturated carbocycles. The van der Waals surface area contributed by atoms with Gasteiger partial charge in [0.05, 0.1) is 5.41 Å². The zero-order valence-electron chi connectivity index (χ0n) is 12.8. The van der Waals surface area contributed by atoms with Crippen molar-refractivity contribution in [3.05, 3.63) is 16.9 Å². The summed E-state index contributed by atoms with van der Waals surface area (Å²) in [5, 5.41) is 11.1. The Bertz CT molecular complexity index is 525. The molecule has 4 nitrogen and oxygen atoms in total. The number of esters is 1. The minimum Gasteiger partial charge on any atom is -0.775 e. The monoisotopic (exact) mass is 350 g/mol. The standard InChI is InChI=1S/C15H19F3NO3S/c1-14(7-9-4-10-6-11(8-14)12(10)5-9)13(20)22-3-2-19(21)23-15(16,17)18/h8-10,12H,2-7H2,1H3/q-1/t9-,10?,12?,14?/m1/s1. The molecule has 0 aliphatic heterocycles. The zero-order chi connectivity index (χ0) is 16.8. The molecule has 0 aromatic heterocycles. The maximum Gasteiger partial charge on any atom is 0.455 e. The van der Waals surface area contributed by atoms with Crippen LogP contribution in [0.5, 0.6) is 0 Å². The SMILES string of the molecule is CC1(C(=O)OCCN([O-])SC(F)(F)F)C=C2CC3C[C@H](CC23)C1. The first-order chi connectivity index (χ1) is 10.7. The third-order valence-electron chi connectivity index (χ3n) is 5.16. The quantitative estimate of drug-likeness (QED) is 0.326. The van der Waals surface area contributed by atoms with Crippen LogP contribution >= 0.6 is 11.9 Å². The molecule has 130 valence electrons. The van der Waals surface area contributed by atoms with Gasteiger partial charge in [-0.2, -0.15) is 13.2 Å². The summed E-state index contributed by atoms with van der Waals surface area (Å²) in [6.07, 6.45) is 6.08. The Morgan fingerprint density at radius 3 is 2.96 bits per heavy atom. The van der Waals surface area contributed by atoms with Crippen LogP contribution < -0.4 is 0 Å². The van der Waals surface area contributed by atoms with Crippen LogP contribution in [0.15, 0.2) is 11.6 Å². The summed E-state index contributed by atoms with van der Waals surface area (Å²) >= 11 is -0.762. The van der Waals surface area contributed by atoms with Crippen LogP contribution in [-0.2, 0) is 9.53 Å². The molecular formula is C15H19F3NO3S-. The van der Waals surface area contributed by atoms with E-state index in [1.54, 1.807) is 0 Å². The van der Waals surface area contributed by atoms with E-state index in [0.717, 1.165) is 31.6 Å². The molecule has 0 heterocycles. The Hall–Kier alpha value is -0.730. The number of halogens is 3. The fourth-order valence-corrected chi connectivity index (χ4v) is 4.69. The highest BCUT2D eigenvalue weighted by molar-refractivity contribution is 7.97. The fraction of sp³-hybridized carbons (Fsp3) is 0.800. The van der Waals surface area contributed by atoms with E-state index in [9.17, 15) is 23.2 Å². The lowest BCUT2D eigenvalue weighted by Gasteiger charge is -2.37. The number of carbonyl (C=O) groups is 1. The summed E-state index contributed by atoms with van der Waals surface area (Å²) in [4.78, 5) is 12.4. The molecule has 3 rings (SSSR count). The van der Waals surface area contributed by atoms with Crippen molar-refractivity contribution in [2.75, 3.05) is 13.2 Å². The van der Waals surface area contributed by atoms with Crippen molar-refractivity contribution in [3.63, 3.8) is 0 Å². The molecule has 8 heteroatoms. The van der Waals surface area contributed by atoms with E-state index in [1.807, 2.05) is 13.0 Å². The normalized spacial score (nSPS) is 35.6. The van der Waals surface area contributed by atoms with Gasteiger partial charge in [-0.15, -0.1) is 0 Å². The molecule has 3 aliphatic carbocycles. The van der Waals surface area contributed by atoms with Crippen molar-refractivity contribution in [3.8, 4) is 0 Å². The molecule has 4 atom stereocenters. The minimum atomic E-state index is -4.62. The van der Waals surface area contributed by atoms with Crippen LogP contribution in [0.25, 0.3) is 0 Å². The highest BCUT2D eigenvalue weighted by atomic mass is 32.2. The highest BCUT2D eigenvalue weighted by Gasteiger charge is 2.51. The molecule has 0 saturated heterocycles. The third-order valence-corrected chi connectivity index (χ3v) is 5.76. The molecule has 0 spiro atoms. The maximum atomic E-state index is 12.4. The molecular weight excluding hydrogens is 331 g/mol. The largest absolute Gasteiger partial charge is 0.775 e. The summed E-state index contributed by atoms with van der Waals surface area (Å²) < 4.78 is 41.0. The molecule has 23 heavy (non-hydrogen) atoms. The van der Waals surface area contributed by atoms with Gasteiger partial charge in [0.1, 0.15) is 6.61 Å². The number of hydrogen-bond donors (Lipinski definition) is 0. The van der Waals surface area contributed by atoms with Gasteiger partial charge in [0.15, 0.2) is 0 Å². The second kappa shape index (κ2) is 5.97. The maximum absolute atomic E-state index is 12.4. The minimum absolute atomic E-state index is 0.209. The summed E-state index contributed by atoms with van der Waals surface area (Å²) in [7, 11) is 0. The summed E-state index contributed by atoms with van der Waals surface area (Å²) in [5.74, 6) is 1.47. The average molecular weight is 350 g/mol. The number of alkyl halides is 3. The van der Waals surface area contributed by atoms with Crippen LogP contribution in [0.3, 0.4) is 0 Å². The van der Waals surface area contributed by atoms with Gasteiger partial charge in [-0.05, 0) is 50.4 Å². The van der Waals surface area contributed by atoms with E-state index in [-0.39, 0.29) is 11.1 Å². The molecule has 0 radical (unpaired) electrons. The molecule has 2 fully saturated rings. The van der Waals surface area contributed by atoms with Crippen LogP contribution in [0, 0.1) is 28.4 Å². The van der Waals surface area contributed by atoms with E-state index in [1.165, 1.54) is 5.57 Å². The molecule has 0 aromatic carbocycles. The number of nitrogens with zero attached hydrogens (tertiary/aromatic N) is 1.